The maximum absolute atomic E-state index is 12.8. The number of rotatable bonds is 5. The van der Waals surface area contributed by atoms with Crippen LogP contribution in [0.3, 0.4) is 0 Å². The minimum absolute atomic E-state index is 0.246. The molecule has 1 aromatic rings. The summed E-state index contributed by atoms with van der Waals surface area (Å²) >= 11 is 0. The fourth-order valence-electron chi connectivity index (χ4n) is 1.98. The van der Waals surface area contributed by atoms with Crippen LogP contribution in [0, 0.1) is 17.7 Å². The van der Waals surface area contributed by atoms with Crippen molar-refractivity contribution in [1.82, 2.24) is 5.32 Å². The number of nitrogens with one attached hydrogen (secondary N) is 1. The van der Waals surface area contributed by atoms with Crippen LogP contribution in [0.25, 0.3) is 0 Å². The number of hydrogen-bond acceptors (Lipinski definition) is 3. The number of carbonyl (C=O) groups is 3. The van der Waals surface area contributed by atoms with Gasteiger partial charge in [0.1, 0.15) is 11.9 Å². The molecule has 1 unspecified atom stereocenters. The van der Waals surface area contributed by atoms with Crippen LogP contribution >= 0.6 is 0 Å². The van der Waals surface area contributed by atoms with E-state index in [1.807, 2.05) is 0 Å². The van der Waals surface area contributed by atoms with Gasteiger partial charge in [0.25, 0.3) is 0 Å². The molecule has 0 spiro atoms. The summed E-state index contributed by atoms with van der Waals surface area (Å²) in [4.78, 5) is 33.9. The zero-order valence-electron chi connectivity index (χ0n) is 10.4. The van der Waals surface area contributed by atoms with E-state index in [1.54, 1.807) is 0 Å². The maximum Gasteiger partial charge on any atom is 0.307 e. The van der Waals surface area contributed by atoms with Crippen molar-refractivity contribution in [2.45, 2.75) is 12.5 Å². The van der Waals surface area contributed by atoms with E-state index in [9.17, 15) is 18.8 Å². The smallest absolute Gasteiger partial charge is 0.307 e. The van der Waals surface area contributed by atoms with E-state index >= 15 is 0 Å². The quantitative estimate of drug-likeness (QED) is 0.715. The minimum Gasteiger partial charge on any atom is -0.481 e. The van der Waals surface area contributed by atoms with E-state index in [0.717, 1.165) is 12.1 Å². The first-order valence-corrected chi connectivity index (χ1v) is 5.98. The van der Waals surface area contributed by atoms with Crippen molar-refractivity contribution in [2.75, 3.05) is 0 Å². The van der Waals surface area contributed by atoms with Crippen molar-refractivity contribution in [3.8, 4) is 0 Å². The second-order valence-electron chi connectivity index (χ2n) is 4.68. The lowest BCUT2D eigenvalue weighted by Gasteiger charge is -2.15. The highest BCUT2D eigenvalue weighted by Crippen LogP contribution is 2.39. The molecule has 0 bridgehead atoms. The fraction of sp³-hybridized carbons (Fsp3) is 0.308. The van der Waals surface area contributed by atoms with E-state index in [-0.39, 0.29) is 6.42 Å². The Morgan fingerprint density at radius 2 is 1.85 bits per heavy atom. The Bertz CT molecular complexity index is 558. The van der Waals surface area contributed by atoms with Crippen LogP contribution in [0.5, 0.6) is 0 Å². The van der Waals surface area contributed by atoms with E-state index in [1.165, 1.54) is 12.1 Å². The SMILES string of the molecule is NC(=O)C(NC(=O)[C@@H]1C[C@H]1C(=O)O)c1ccc(F)cc1. The summed E-state index contributed by atoms with van der Waals surface area (Å²) in [6, 6.07) is 3.88. The lowest BCUT2D eigenvalue weighted by molar-refractivity contribution is -0.140. The van der Waals surface area contributed by atoms with Gasteiger partial charge in [0.15, 0.2) is 0 Å². The molecule has 6 nitrogen and oxygen atoms in total. The first kappa shape index (κ1) is 14.0. The van der Waals surface area contributed by atoms with E-state index in [0.29, 0.717) is 5.56 Å². The maximum atomic E-state index is 12.8. The first-order valence-electron chi connectivity index (χ1n) is 5.98. The average Bonchev–Trinajstić information content (AvgIpc) is 3.17. The Labute approximate surface area is 113 Å². The van der Waals surface area contributed by atoms with Gasteiger partial charge in [0.05, 0.1) is 11.8 Å². The molecule has 1 aliphatic carbocycles. The molecule has 3 atom stereocenters. The molecule has 1 saturated carbocycles. The zero-order valence-corrected chi connectivity index (χ0v) is 10.4. The molecule has 2 amide bonds. The van der Waals surface area contributed by atoms with E-state index in [4.69, 9.17) is 10.8 Å². The second kappa shape index (κ2) is 5.28. The number of carbonyl (C=O) groups excluding carboxylic acids is 2. The molecule has 4 N–H and O–H groups in total. The van der Waals surface area contributed by atoms with Crippen LogP contribution in [-0.2, 0) is 14.4 Å². The number of amides is 2. The van der Waals surface area contributed by atoms with Crippen molar-refractivity contribution in [1.29, 1.82) is 0 Å². The predicted molar refractivity (Wildman–Crippen MR) is 65.7 cm³/mol. The van der Waals surface area contributed by atoms with Crippen LogP contribution in [0.1, 0.15) is 18.0 Å². The lowest BCUT2D eigenvalue weighted by Crippen LogP contribution is -2.38. The highest BCUT2D eigenvalue weighted by atomic mass is 19.1. The molecule has 0 radical (unpaired) electrons. The molecule has 106 valence electrons. The van der Waals surface area contributed by atoms with Crippen molar-refractivity contribution >= 4 is 17.8 Å². The van der Waals surface area contributed by atoms with Gasteiger partial charge < -0.3 is 16.2 Å². The van der Waals surface area contributed by atoms with Crippen LogP contribution in [-0.4, -0.2) is 22.9 Å². The molecule has 0 heterocycles. The van der Waals surface area contributed by atoms with Crippen molar-refractivity contribution in [3.63, 3.8) is 0 Å². The summed E-state index contributed by atoms with van der Waals surface area (Å²) < 4.78 is 12.8. The summed E-state index contributed by atoms with van der Waals surface area (Å²) in [5.74, 6) is -4.20. The molecule has 20 heavy (non-hydrogen) atoms. The van der Waals surface area contributed by atoms with Gasteiger partial charge in [-0.3, -0.25) is 14.4 Å². The van der Waals surface area contributed by atoms with Gasteiger partial charge in [-0.05, 0) is 24.1 Å². The topological polar surface area (TPSA) is 109 Å². The number of halogens is 1. The van der Waals surface area contributed by atoms with Crippen LogP contribution in [0.15, 0.2) is 24.3 Å². The minimum atomic E-state index is -1.10. The highest BCUT2D eigenvalue weighted by Gasteiger charge is 2.48. The van der Waals surface area contributed by atoms with Gasteiger partial charge in [0.2, 0.25) is 11.8 Å². The van der Waals surface area contributed by atoms with Crippen LogP contribution in [0.2, 0.25) is 0 Å². The number of hydrogen-bond donors (Lipinski definition) is 3. The molecule has 7 heteroatoms. The first-order chi connectivity index (χ1) is 9.40. The van der Waals surface area contributed by atoms with Gasteiger partial charge in [-0.2, -0.15) is 0 Å². The molecule has 0 saturated heterocycles. The fourth-order valence-corrected chi connectivity index (χ4v) is 1.98. The Hall–Kier alpha value is -2.44. The number of nitrogens with two attached hydrogens (primary N) is 1. The monoisotopic (exact) mass is 280 g/mol. The number of aliphatic carboxylic acids is 1. The second-order valence-corrected chi connectivity index (χ2v) is 4.68. The summed E-state index contributed by atoms with van der Waals surface area (Å²) in [6.45, 7) is 0. The summed E-state index contributed by atoms with van der Waals surface area (Å²) in [6.07, 6.45) is 0.246. The number of carboxylic acid groups (broad SMARTS) is 1. The molecule has 1 fully saturated rings. The number of carboxylic acids is 1. The molecule has 2 rings (SSSR count). The van der Waals surface area contributed by atoms with Crippen molar-refractivity contribution < 1.29 is 23.9 Å². The molecule has 1 aliphatic rings. The van der Waals surface area contributed by atoms with Gasteiger partial charge in [0, 0.05) is 0 Å². The highest BCUT2D eigenvalue weighted by molar-refractivity contribution is 5.93. The third-order valence-electron chi connectivity index (χ3n) is 3.22. The standard InChI is InChI=1S/C13H13FN2O4/c14-7-3-1-6(2-4-7)10(11(15)17)16-12(18)8-5-9(8)13(19)20/h1-4,8-10H,5H2,(H2,15,17)(H,16,18)(H,19,20)/t8-,9-,10?/m1/s1. The normalized spacial score (nSPS) is 21.9. The Morgan fingerprint density at radius 1 is 1.25 bits per heavy atom. The van der Waals surface area contributed by atoms with Gasteiger partial charge in [-0.1, -0.05) is 12.1 Å². The summed E-state index contributed by atoms with van der Waals surface area (Å²) in [7, 11) is 0. The van der Waals surface area contributed by atoms with Crippen molar-refractivity contribution in [2.24, 2.45) is 17.6 Å². The number of benzene rings is 1. The third-order valence-corrected chi connectivity index (χ3v) is 3.22. The van der Waals surface area contributed by atoms with E-state index < -0.39 is 41.5 Å². The largest absolute Gasteiger partial charge is 0.481 e. The Kier molecular flexibility index (Phi) is 3.69. The Balaban J connectivity index is 2.07. The summed E-state index contributed by atoms with van der Waals surface area (Å²) in [5.41, 5.74) is 5.55. The van der Waals surface area contributed by atoms with Gasteiger partial charge in [-0.25, -0.2) is 4.39 Å². The van der Waals surface area contributed by atoms with Crippen molar-refractivity contribution in [3.05, 3.63) is 35.6 Å². The molecular weight excluding hydrogens is 267 g/mol. The van der Waals surface area contributed by atoms with Gasteiger partial charge in [-0.15, -0.1) is 0 Å². The molecular formula is C13H13FN2O4. The van der Waals surface area contributed by atoms with Crippen LogP contribution in [0.4, 0.5) is 4.39 Å². The molecule has 1 aromatic carbocycles. The zero-order chi connectivity index (χ0) is 14.9. The lowest BCUT2D eigenvalue weighted by atomic mass is 10.1. The molecule has 0 aromatic heterocycles. The van der Waals surface area contributed by atoms with Crippen LogP contribution < -0.4 is 11.1 Å². The average molecular weight is 280 g/mol. The molecule has 0 aliphatic heterocycles. The third kappa shape index (κ3) is 2.93. The predicted octanol–water partition coefficient (Wildman–Crippen LogP) is 0.189. The summed E-state index contributed by atoms with van der Waals surface area (Å²) in [5, 5.41) is 11.1. The number of primary amides is 1. The van der Waals surface area contributed by atoms with E-state index in [2.05, 4.69) is 5.32 Å². The van der Waals surface area contributed by atoms with Gasteiger partial charge >= 0.3 is 5.97 Å². The Morgan fingerprint density at radius 3 is 2.30 bits per heavy atom.